The second-order valence-corrected chi connectivity index (χ2v) is 5.73. The van der Waals surface area contributed by atoms with E-state index in [2.05, 4.69) is 10.2 Å². The number of hydrogen-bond donors (Lipinski definition) is 1. The summed E-state index contributed by atoms with van der Waals surface area (Å²) in [4.78, 5) is 10.7. The average molecular weight is 342 g/mol. The predicted molar refractivity (Wildman–Crippen MR) is 84.5 cm³/mol. The minimum Gasteiger partial charge on any atom is -0.469 e. The summed E-state index contributed by atoms with van der Waals surface area (Å²) in [6.07, 6.45) is 1.52. The van der Waals surface area contributed by atoms with E-state index in [1.165, 1.54) is 29.1 Å². The molecule has 0 saturated heterocycles. The second kappa shape index (κ2) is 6.05. The van der Waals surface area contributed by atoms with Gasteiger partial charge in [0.25, 0.3) is 5.69 Å². The Balaban J connectivity index is 1.96. The molecule has 0 spiro atoms. The molecule has 2 heterocycles. The van der Waals surface area contributed by atoms with Gasteiger partial charge in [-0.2, -0.15) is 5.26 Å². The van der Waals surface area contributed by atoms with Crippen molar-refractivity contribution in [2.45, 2.75) is 17.0 Å². The molecule has 0 radical (unpaired) electrons. The van der Waals surface area contributed by atoms with Gasteiger partial charge in [0.15, 0.2) is 5.82 Å². The number of nitro groups is 1. The van der Waals surface area contributed by atoms with Crippen LogP contribution in [-0.4, -0.2) is 19.8 Å². The van der Waals surface area contributed by atoms with Crippen LogP contribution in [0.5, 0.6) is 0 Å². The third kappa shape index (κ3) is 2.68. The molecule has 0 unspecified atom stereocenters. The third-order valence-corrected chi connectivity index (χ3v) is 4.30. The number of aryl methyl sites for hydroxylation is 1. The standard InChI is InChI=1S/C14H10N6O3S/c1-8-11(4-5-23-8)13-17-18-14(19(13)16)24-12-3-2-10(20(21)22)6-9(12)7-15/h2-6H,16H2,1H3. The first-order valence-corrected chi connectivity index (χ1v) is 7.44. The number of non-ortho nitro benzene ring substituents is 1. The van der Waals surface area contributed by atoms with Crippen molar-refractivity contribution in [2.75, 3.05) is 5.84 Å². The number of benzene rings is 1. The van der Waals surface area contributed by atoms with Gasteiger partial charge in [-0.1, -0.05) is 0 Å². The van der Waals surface area contributed by atoms with Crippen molar-refractivity contribution in [1.82, 2.24) is 14.9 Å². The highest BCUT2D eigenvalue weighted by Gasteiger charge is 2.18. The summed E-state index contributed by atoms with van der Waals surface area (Å²) in [5.74, 6) is 7.09. The van der Waals surface area contributed by atoms with Crippen molar-refractivity contribution in [3.63, 3.8) is 0 Å². The van der Waals surface area contributed by atoms with Gasteiger partial charge in [0.05, 0.1) is 22.3 Å². The van der Waals surface area contributed by atoms with Gasteiger partial charge in [0.1, 0.15) is 11.8 Å². The Morgan fingerprint density at radius 3 is 2.83 bits per heavy atom. The highest BCUT2D eigenvalue weighted by atomic mass is 32.2. The Hall–Kier alpha value is -3.32. The third-order valence-electron chi connectivity index (χ3n) is 3.26. The lowest BCUT2D eigenvalue weighted by molar-refractivity contribution is -0.384. The normalized spacial score (nSPS) is 10.5. The van der Waals surface area contributed by atoms with Crippen molar-refractivity contribution < 1.29 is 9.34 Å². The number of nitrogen functional groups attached to an aromatic ring is 1. The maximum atomic E-state index is 10.8. The Morgan fingerprint density at radius 2 is 2.21 bits per heavy atom. The Morgan fingerprint density at radius 1 is 1.42 bits per heavy atom. The molecule has 3 aromatic rings. The SMILES string of the molecule is Cc1occc1-c1nnc(Sc2ccc([N+](=O)[O-])cc2C#N)n1N. The van der Waals surface area contributed by atoms with E-state index in [-0.39, 0.29) is 11.3 Å². The molecule has 0 aliphatic rings. The summed E-state index contributed by atoms with van der Waals surface area (Å²) in [5.41, 5.74) is 0.721. The van der Waals surface area contributed by atoms with Gasteiger partial charge in [-0.3, -0.25) is 10.1 Å². The maximum absolute atomic E-state index is 10.8. The van der Waals surface area contributed by atoms with Crippen LogP contribution in [0.15, 0.2) is 45.0 Å². The molecule has 0 bridgehead atoms. The van der Waals surface area contributed by atoms with E-state index in [9.17, 15) is 15.4 Å². The molecular weight excluding hydrogens is 332 g/mol. The van der Waals surface area contributed by atoms with Gasteiger partial charge in [0.2, 0.25) is 5.16 Å². The van der Waals surface area contributed by atoms with Crippen LogP contribution in [-0.2, 0) is 0 Å². The molecule has 0 amide bonds. The fraction of sp³-hybridized carbons (Fsp3) is 0.0714. The number of rotatable bonds is 4. The predicted octanol–water partition coefficient (Wildman–Crippen LogP) is 2.49. The number of aromatic nitrogens is 3. The van der Waals surface area contributed by atoms with Crippen LogP contribution < -0.4 is 5.84 Å². The van der Waals surface area contributed by atoms with Gasteiger partial charge in [-0.05, 0) is 30.8 Å². The molecule has 0 atom stereocenters. The van der Waals surface area contributed by atoms with E-state index in [4.69, 9.17) is 10.3 Å². The minimum absolute atomic E-state index is 0.153. The zero-order valence-electron chi connectivity index (χ0n) is 12.3. The summed E-state index contributed by atoms with van der Waals surface area (Å²) >= 11 is 1.10. The Bertz CT molecular complexity index is 971. The first kappa shape index (κ1) is 15.6. The highest BCUT2D eigenvalue weighted by Crippen LogP contribution is 2.32. The Labute approximate surface area is 139 Å². The van der Waals surface area contributed by atoms with Crippen molar-refractivity contribution in [2.24, 2.45) is 0 Å². The molecule has 2 N–H and O–H groups in total. The summed E-state index contributed by atoms with van der Waals surface area (Å²) < 4.78 is 6.51. The van der Waals surface area contributed by atoms with E-state index >= 15 is 0 Å². The van der Waals surface area contributed by atoms with Gasteiger partial charge in [-0.25, -0.2) is 4.68 Å². The molecule has 10 heteroatoms. The van der Waals surface area contributed by atoms with Crippen LogP contribution in [0.25, 0.3) is 11.4 Å². The monoisotopic (exact) mass is 342 g/mol. The largest absolute Gasteiger partial charge is 0.469 e. The zero-order valence-corrected chi connectivity index (χ0v) is 13.1. The number of nitrogens with two attached hydrogens (primary N) is 1. The van der Waals surface area contributed by atoms with Crippen molar-refractivity contribution in [3.8, 4) is 17.5 Å². The lowest BCUT2D eigenvalue weighted by Gasteiger charge is -2.04. The number of furan rings is 1. The van der Waals surface area contributed by atoms with Crippen LogP contribution in [0.1, 0.15) is 11.3 Å². The molecule has 2 aromatic heterocycles. The molecule has 9 nitrogen and oxygen atoms in total. The zero-order chi connectivity index (χ0) is 17.3. The molecule has 0 fully saturated rings. The second-order valence-electron chi connectivity index (χ2n) is 4.72. The van der Waals surface area contributed by atoms with Gasteiger partial charge >= 0.3 is 0 Å². The molecule has 0 aliphatic heterocycles. The summed E-state index contributed by atoms with van der Waals surface area (Å²) in [7, 11) is 0. The molecule has 120 valence electrons. The Kier molecular flexibility index (Phi) is 3.93. The summed E-state index contributed by atoms with van der Waals surface area (Å²) in [6, 6.07) is 7.68. The molecule has 0 aliphatic carbocycles. The minimum atomic E-state index is -0.555. The van der Waals surface area contributed by atoms with Gasteiger partial charge in [-0.15, -0.1) is 10.2 Å². The van der Waals surface area contributed by atoms with E-state index in [0.717, 1.165) is 11.8 Å². The first-order valence-electron chi connectivity index (χ1n) is 6.62. The molecule has 24 heavy (non-hydrogen) atoms. The molecular formula is C14H10N6O3S. The molecule has 3 rings (SSSR count). The lowest BCUT2D eigenvalue weighted by Crippen LogP contribution is -2.11. The van der Waals surface area contributed by atoms with Crippen LogP contribution in [0.3, 0.4) is 0 Å². The van der Waals surface area contributed by atoms with Crippen LogP contribution in [0, 0.1) is 28.4 Å². The van der Waals surface area contributed by atoms with Crippen molar-refractivity contribution >= 4 is 17.4 Å². The summed E-state index contributed by atoms with van der Waals surface area (Å²) in [5, 5.41) is 28.4. The highest BCUT2D eigenvalue weighted by molar-refractivity contribution is 7.99. The smallest absolute Gasteiger partial charge is 0.270 e. The number of hydrogen-bond acceptors (Lipinski definition) is 8. The van der Waals surface area contributed by atoms with E-state index in [0.29, 0.717) is 27.2 Å². The topological polar surface area (TPSA) is 137 Å². The fourth-order valence-corrected chi connectivity index (χ4v) is 2.87. The number of nitro benzene ring substituents is 1. The average Bonchev–Trinajstić information content (AvgIpc) is 3.14. The van der Waals surface area contributed by atoms with Crippen LogP contribution in [0.4, 0.5) is 5.69 Å². The molecule has 1 aromatic carbocycles. The van der Waals surface area contributed by atoms with Crippen molar-refractivity contribution in [1.29, 1.82) is 5.26 Å². The van der Waals surface area contributed by atoms with Crippen LogP contribution >= 0.6 is 11.8 Å². The van der Waals surface area contributed by atoms with Gasteiger partial charge in [0, 0.05) is 17.0 Å². The van der Waals surface area contributed by atoms with E-state index < -0.39 is 4.92 Å². The van der Waals surface area contributed by atoms with Crippen molar-refractivity contribution in [3.05, 3.63) is 52.0 Å². The quantitative estimate of drug-likeness (QED) is 0.433. The van der Waals surface area contributed by atoms with E-state index in [1.54, 1.807) is 13.0 Å². The first-order chi connectivity index (χ1) is 11.5. The summed E-state index contributed by atoms with van der Waals surface area (Å²) in [6.45, 7) is 1.78. The van der Waals surface area contributed by atoms with E-state index in [1.807, 2.05) is 6.07 Å². The fourth-order valence-electron chi connectivity index (χ4n) is 2.05. The van der Waals surface area contributed by atoms with Gasteiger partial charge < -0.3 is 10.3 Å². The number of nitriles is 1. The lowest BCUT2D eigenvalue weighted by atomic mass is 10.2. The molecule has 0 saturated carbocycles. The number of nitrogens with zero attached hydrogens (tertiary/aromatic N) is 5. The van der Waals surface area contributed by atoms with Crippen LogP contribution in [0.2, 0.25) is 0 Å². The maximum Gasteiger partial charge on any atom is 0.270 e.